The number of thiazole rings is 1. The number of para-hydroxylation sites is 2. The molecule has 0 bridgehead atoms. The van der Waals surface area contributed by atoms with Crippen LogP contribution in [0.3, 0.4) is 0 Å². The molecule has 0 atom stereocenters. The molecule has 0 aliphatic rings. The van der Waals surface area contributed by atoms with Gasteiger partial charge in [-0.15, -0.1) is 0 Å². The molecule has 0 amide bonds. The van der Waals surface area contributed by atoms with E-state index in [1.807, 2.05) is 25.3 Å². The molecule has 2 N–H and O–H groups in total. The highest BCUT2D eigenvalue weighted by Crippen LogP contribution is 2.30. The van der Waals surface area contributed by atoms with Crippen LogP contribution in [0, 0.1) is 0 Å². The van der Waals surface area contributed by atoms with Crippen molar-refractivity contribution in [2.24, 2.45) is 7.05 Å². The Hall–Kier alpha value is -2.33. The number of benzene rings is 2. The third-order valence-corrected chi connectivity index (χ3v) is 4.41. The molecule has 1 aromatic heterocycles. The van der Waals surface area contributed by atoms with E-state index in [9.17, 15) is 10.2 Å². The van der Waals surface area contributed by atoms with Crippen LogP contribution in [0.2, 0.25) is 0 Å². The van der Waals surface area contributed by atoms with Crippen molar-refractivity contribution in [2.75, 3.05) is 0 Å². The second kappa shape index (κ2) is 4.98. The van der Waals surface area contributed by atoms with Crippen molar-refractivity contribution in [2.45, 2.75) is 0 Å². The normalized spacial score (nSPS) is 11.4. The van der Waals surface area contributed by atoms with Gasteiger partial charge in [-0.1, -0.05) is 35.6 Å². The molecule has 0 saturated heterocycles. The first kappa shape index (κ1) is 12.7. The van der Waals surface area contributed by atoms with Gasteiger partial charge in [-0.3, -0.25) is 0 Å². The van der Waals surface area contributed by atoms with Crippen LogP contribution in [-0.4, -0.2) is 10.2 Å². The molecule has 20 heavy (non-hydrogen) atoms. The topological polar surface area (TPSA) is 44.3 Å². The van der Waals surface area contributed by atoms with Crippen molar-refractivity contribution in [1.82, 2.24) is 0 Å². The summed E-state index contributed by atoms with van der Waals surface area (Å²) in [5.74, 6) is -0.194. The summed E-state index contributed by atoms with van der Waals surface area (Å²) < 4.78 is 3.32. The van der Waals surface area contributed by atoms with Crippen LogP contribution in [0.25, 0.3) is 22.4 Å². The van der Waals surface area contributed by atoms with Crippen LogP contribution in [0.4, 0.5) is 0 Å². The quantitative estimate of drug-likeness (QED) is 0.560. The molecule has 3 aromatic rings. The summed E-state index contributed by atoms with van der Waals surface area (Å²) in [6.45, 7) is 0. The van der Waals surface area contributed by atoms with Crippen LogP contribution in [0.15, 0.2) is 42.5 Å². The Kier molecular flexibility index (Phi) is 3.16. The molecule has 3 nitrogen and oxygen atoms in total. The Morgan fingerprint density at radius 3 is 2.60 bits per heavy atom. The number of hydrogen-bond donors (Lipinski definition) is 2. The first-order valence-corrected chi connectivity index (χ1v) is 7.05. The van der Waals surface area contributed by atoms with Crippen LogP contribution in [0.1, 0.15) is 10.6 Å². The van der Waals surface area contributed by atoms with Gasteiger partial charge in [-0.25, -0.2) is 0 Å². The van der Waals surface area contributed by atoms with Gasteiger partial charge in [0.2, 0.25) is 5.52 Å². The van der Waals surface area contributed by atoms with Crippen LogP contribution in [0.5, 0.6) is 11.5 Å². The number of rotatable bonds is 2. The molecule has 0 spiro atoms. The lowest BCUT2D eigenvalue weighted by Crippen LogP contribution is -2.28. The molecule has 100 valence electrons. The predicted octanol–water partition coefficient (Wildman–Crippen LogP) is 3.31. The zero-order valence-electron chi connectivity index (χ0n) is 10.9. The fourth-order valence-electron chi connectivity index (χ4n) is 2.11. The van der Waals surface area contributed by atoms with E-state index < -0.39 is 0 Å². The van der Waals surface area contributed by atoms with E-state index >= 15 is 0 Å². The van der Waals surface area contributed by atoms with E-state index in [0.717, 1.165) is 5.01 Å². The summed E-state index contributed by atoms with van der Waals surface area (Å²) in [5.41, 5.74) is 1.78. The highest BCUT2D eigenvalue weighted by atomic mass is 32.1. The molecular formula is C16H14NO2S+. The van der Waals surface area contributed by atoms with Crippen molar-refractivity contribution < 1.29 is 14.8 Å². The minimum absolute atomic E-state index is 0.0903. The summed E-state index contributed by atoms with van der Waals surface area (Å²) in [4.78, 5) is 0. The van der Waals surface area contributed by atoms with E-state index in [2.05, 4.69) is 16.7 Å². The van der Waals surface area contributed by atoms with Crippen LogP contribution in [-0.2, 0) is 7.05 Å². The minimum atomic E-state index is -0.104. The summed E-state index contributed by atoms with van der Waals surface area (Å²) >= 11 is 1.69. The van der Waals surface area contributed by atoms with E-state index in [4.69, 9.17) is 0 Å². The largest absolute Gasteiger partial charge is 0.504 e. The maximum absolute atomic E-state index is 9.78. The maximum atomic E-state index is 9.78. The second-order valence-corrected chi connectivity index (χ2v) is 5.58. The van der Waals surface area contributed by atoms with Crippen LogP contribution >= 0.6 is 11.3 Å². The van der Waals surface area contributed by atoms with Gasteiger partial charge in [-0.05, 0) is 18.2 Å². The van der Waals surface area contributed by atoms with Crippen molar-refractivity contribution in [3.8, 4) is 11.5 Å². The van der Waals surface area contributed by atoms with Crippen molar-refractivity contribution >= 4 is 33.7 Å². The standard InChI is InChI=1S/C16H13NO2S/c1-17-12-6-2-3-8-14(12)20-15(17)10-9-11-5-4-7-13(18)16(11)19/h2-10,18H,1H3/p+1. The van der Waals surface area contributed by atoms with Gasteiger partial charge >= 0.3 is 0 Å². The molecule has 0 unspecified atom stereocenters. The van der Waals surface area contributed by atoms with Gasteiger partial charge in [0.1, 0.15) is 11.7 Å². The maximum Gasteiger partial charge on any atom is 0.262 e. The highest BCUT2D eigenvalue weighted by Gasteiger charge is 2.13. The van der Waals surface area contributed by atoms with Crippen molar-refractivity contribution in [3.63, 3.8) is 0 Å². The third kappa shape index (κ3) is 2.14. The molecule has 1 heterocycles. The third-order valence-electron chi connectivity index (χ3n) is 3.22. The number of aromatic nitrogens is 1. The summed E-state index contributed by atoms with van der Waals surface area (Å²) in [6.07, 6.45) is 3.75. The van der Waals surface area contributed by atoms with E-state index in [1.54, 1.807) is 29.5 Å². The first-order chi connectivity index (χ1) is 9.66. The number of phenols is 2. The smallest absolute Gasteiger partial charge is 0.262 e. The summed E-state index contributed by atoms with van der Waals surface area (Å²) in [7, 11) is 2.01. The average molecular weight is 284 g/mol. The van der Waals surface area contributed by atoms with E-state index in [0.29, 0.717) is 5.56 Å². The number of hydrogen-bond acceptors (Lipinski definition) is 3. The Morgan fingerprint density at radius 1 is 1.00 bits per heavy atom. The van der Waals surface area contributed by atoms with Crippen LogP contribution < -0.4 is 4.57 Å². The lowest BCUT2D eigenvalue weighted by atomic mass is 10.2. The fraction of sp³-hybridized carbons (Fsp3) is 0.0625. The Bertz CT molecular complexity index is 805. The van der Waals surface area contributed by atoms with Gasteiger partial charge in [0.15, 0.2) is 11.5 Å². The molecule has 2 aromatic carbocycles. The van der Waals surface area contributed by atoms with Gasteiger partial charge < -0.3 is 10.2 Å². The molecule has 4 heteroatoms. The fourth-order valence-corrected chi connectivity index (χ4v) is 3.16. The number of aromatic hydroxyl groups is 2. The molecule has 0 radical (unpaired) electrons. The Labute approximate surface area is 120 Å². The molecule has 0 saturated carbocycles. The molecule has 3 rings (SSSR count). The SMILES string of the molecule is C[n+]1c(/C=C/c2cccc(O)c2O)sc2ccccc21. The molecular weight excluding hydrogens is 270 g/mol. The number of nitrogens with zero attached hydrogens (tertiary/aromatic N) is 1. The monoisotopic (exact) mass is 284 g/mol. The molecule has 0 aliphatic carbocycles. The van der Waals surface area contributed by atoms with Crippen molar-refractivity contribution in [3.05, 3.63) is 53.0 Å². The van der Waals surface area contributed by atoms with E-state index in [-0.39, 0.29) is 11.5 Å². The number of phenolic OH excluding ortho intramolecular Hbond substituents is 2. The zero-order valence-corrected chi connectivity index (χ0v) is 11.8. The van der Waals surface area contributed by atoms with Gasteiger partial charge in [0, 0.05) is 17.7 Å². The number of aryl methyl sites for hydroxylation is 1. The number of fused-ring (bicyclic) bond motifs is 1. The summed E-state index contributed by atoms with van der Waals surface area (Å²) in [5, 5.41) is 20.3. The zero-order chi connectivity index (χ0) is 14.1. The predicted molar refractivity (Wildman–Crippen MR) is 81.7 cm³/mol. The average Bonchev–Trinajstić information content (AvgIpc) is 2.78. The van der Waals surface area contributed by atoms with Gasteiger partial charge in [-0.2, -0.15) is 4.57 Å². The Morgan fingerprint density at radius 2 is 1.80 bits per heavy atom. The van der Waals surface area contributed by atoms with Gasteiger partial charge in [0.05, 0.1) is 0 Å². The van der Waals surface area contributed by atoms with Crippen molar-refractivity contribution in [1.29, 1.82) is 0 Å². The second-order valence-electron chi connectivity index (χ2n) is 4.52. The molecule has 0 aliphatic heterocycles. The Balaban J connectivity index is 2.02. The van der Waals surface area contributed by atoms with E-state index in [1.165, 1.54) is 16.3 Å². The lowest BCUT2D eigenvalue weighted by molar-refractivity contribution is -0.642. The summed E-state index contributed by atoms with van der Waals surface area (Å²) in [6, 6.07) is 13.1. The van der Waals surface area contributed by atoms with Gasteiger partial charge in [0.25, 0.3) is 5.01 Å². The minimum Gasteiger partial charge on any atom is -0.504 e. The molecule has 0 fully saturated rings. The lowest BCUT2D eigenvalue weighted by Gasteiger charge is -1.99. The highest BCUT2D eigenvalue weighted by molar-refractivity contribution is 7.18. The first-order valence-electron chi connectivity index (χ1n) is 6.23.